The van der Waals surface area contributed by atoms with Crippen molar-refractivity contribution in [3.8, 4) is 5.75 Å². The van der Waals surface area contributed by atoms with E-state index in [4.69, 9.17) is 4.74 Å². The molecule has 1 aromatic carbocycles. The first-order chi connectivity index (χ1) is 14.7. The van der Waals surface area contributed by atoms with Crippen LogP contribution in [0.3, 0.4) is 0 Å². The zero-order valence-corrected chi connectivity index (χ0v) is 18.5. The number of hydrogen-bond donors (Lipinski definition) is 2. The van der Waals surface area contributed by atoms with Crippen LogP contribution in [0.4, 0.5) is 4.39 Å². The van der Waals surface area contributed by atoms with Crippen molar-refractivity contribution < 1.29 is 17.5 Å². The van der Waals surface area contributed by atoms with Gasteiger partial charge in [0.2, 0.25) is 5.43 Å². The van der Waals surface area contributed by atoms with Gasteiger partial charge in [-0.25, -0.2) is 12.8 Å². The molecule has 0 aliphatic heterocycles. The van der Waals surface area contributed by atoms with Crippen molar-refractivity contribution in [1.29, 1.82) is 0 Å². The van der Waals surface area contributed by atoms with E-state index in [2.05, 4.69) is 10.2 Å². The van der Waals surface area contributed by atoms with E-state index in [1.54, 1.807) is 12.1 Å². The molecular formula is C22H29FN2O5S. The summed E-state index contributed by atoms with van der Waals surface area (Å²) in [4.78, 5) is 22.4. The van der Waals surface area contributed by atoms with Crippen molar-refractivity contribution in [2.45, 2.75) is 51.4 Å². The molecule has 1 heterocycles. The van der Waals surface area contributed by atoms with Gasteiger partial charge in [0.25, 0.3) is 0 Å². The summed E-state index contributed by atoms with van der Waals surface area (Å²) in [6, 6.07) is 5.83. The number of unbranched alkanes of at least 4 members (excludes halogenated alkanes) is 2. The normalized spacial score (nSPS) is 15.0. The lowest BCUT2D eigenvalue weighted by Crippen LogP contribution is -2.27. The zero-order valence-electron chi connectivity index (χ0n) is 17.7. The lowest BCUT2D eigenvalue weighted by molar-refractivity contribution is 0.285. The van der Waals surface area contributed by atoms with Gasteiger partial charge in [-0.1, -0.05) is 19.4 Å². The zero-order chi connectivity index (χ0) is 22.4. The average Bonchev–Trinajstić information content (AvgIpc) is 3.53. The SMILES string of the molecule is C[C@@H](CS(=O)(=O)CCCCCc1cc(=O)c(=O)[nH][nH]1)c1ccc(F)c(OCC2CC2)c1. The summed E-state index contributed by atoms with van der Waals surface area (Å²) >= 11 is 0. The summed E-state index contributed by atoms with van der Waals surface area (Å²) in [5.41, 5.74) is 0.0915. The van der Waals surface area contributed by atoms with Crippen LogP contribution in [0, 0.1) is 11.7 Å². The van der Waals surface area contributed by atoms with E-state index in [1.807, 2.05) is 6.92 Å². The fourth-order valence-corrected chi connectivity index (χ4v) is 5.16. The number of aromatic nitrogens is 2. The molecule has 3 rings (SSSR count). The predicted octanol–water partition coefficient (Wildman–Crippen LogP) is 2.92. The Kier molecular flexibility index (Phi) is 7.69. The Morgan fingerprint density at radius 2 is 1.90 bits per heavy atom. The van der Waals surface area contributed by atoms with Gasteiger partial charge in [0, 0.05) is 11.8 Å². The second kappa shape index (κ2) is 10.3. The highest BCUT2D eigenvalue weighted by molar-refractivity contribution is 7.91. The van der Waals surface area contributed by atoms with Crippen molar-refractivity contribution in [1.82, 2.24) is 10.2 Å². The van der Waals surface area contributed by atoms with Crippen LogP contribution in [0.2, 0.25) is 0 Å². The molecule has 2 N–H and O–H groups in total. The Hall–Kier alpha value is -2.42. The standard InChI is InChI=1S/C22H29FN2O5S/c1-15(17-8-9-19(23)21(11-17)30-13-16-6-7-16)14-31(28,29)10-4-2-3-5-18-12-20(26)22(27)25-24-18/h8-9,11-12,15-16H,2-7,10,13-14H2,1H3,(H,24,26)(H,25,27)/t15-/m0/s1. The highest BCUT2D eigenvalue weighted by Crippen LogP contribution is 2.31. The molecule has 9 heteroatoms. The molecular weight excluding hydrogens is 423 g/mol. The molecule has 1 saturated carbocycles. The molecule has 0 bridgehead atoms. The fraction of sp³-hybridized carbons (Fsp3) is 0.545. The minimum atomic E-state index is -3.26. The van der Waals surface area contributed by atoms with E-state index in [9.17, 15) is 22.4 Å². The predicted molar refractivity (Wildman–Crippen MR) is 117 cm³/mol. The molecule has 170 valence electrons. The molecule has 0 amide bonds. The van der Waals surface area contributed by atoms with Crippen LogP contribution in [0.1, 0.15) is 56.2 Å². The molecule has 7 nitrogen and oxygen atoms in total. The third-order valence-electron chi connectivity index (χ3n) is 5.47. The second-order valence-corrected chi connectivity index (χ2v) is 10.6. The van der Waals surface area contributed by atoms with Crippen LogP contribution < -0.4 is 15.7 Å². The van der Waals surface area contributed by atoms with Gasteiger partial charge in [0.05, 0.1) is 18.1 Å². The van der Waals surface area contributed by atoms with Crippen molar-refractivity contribution in [3.05, 3.63) is 61.9 Å². The van der Waals surface area contributed by atoms with Crippen molar-refractivity contribution >= 4 is 9.84 Å². The summed E-state index contributed by atoms with van der Waals surface area (Å²) in [5.74, 6) is 0.0715. The van der Waals surface area contributed by atoms with E-state index in [0.29, 0.717) is 43.9 Å². The number of nitrogens with one attached hydrogen (secondary N) is 2. The molecule has 31 heavy (non-hydrogen) atoms. The maximum Gasteiger partial charge on any atom is 0.310 e. The smallest absolute Gasteiger partial charge is 0.310 e. The molecule has 1 aromatic heterocycles. The van der Waals surface area contributed by atoms with Gasteiger partial charge in [-0.05, 0) is 61.6 Å². The lowest BCUT2D eigenvalue weighted by Gasteiger charge is -2.15. The van der Waals surface area contributed by atoms with Crippen LogP contribution >= 0.6 is 0 Å². The quantitative estimate of drug-likeness (QED) is 0.380. The minimum absolute atomic E-state index is 0.00601. The first kappa shape index (κ1) is 23.2. The number of sulfone groups is 1. The first-order valence-electron chi connectivity index (χ1n) is 10.7. The molecule has 2 aromatic rings. The number of benzene rings is 1. The number of aromatic amines is 2. The number of H-pyrrole nitrogens is 2. The fourth-order valence-electron chi connectivity index (χ4n) is 3.40. The maximum atomic E-state index is 14.0. The average molecular weight is 453 g/mol. The van der Waals surface area contributed by atoms with Gasteiger partial charge >= 0.3 is 5.56 Å². The topological polar surface area (TPSA) is 109 Å². The maximum absolute atomic E-state index is 14.0. The second-order valence-electron chi connectivity index (χ2n) is 8.38. The number of rotatable bonds is 12. The van der Waals surface area contributed by atoms with E-state index in [-0.39, 0.29) is 23.2 Å². The van der Waals surface area contributed by atoms with Gasteiger partial charge < -0.3 is 9.84 Å². The summed E-state index contributed by atoms with van der Waals surface area (Å²) in [6.07, 6.45) is 4.68. The highest BCUT2D eigenvalue weighted by Gasteiger charge is 2.23. The van der Waals surface area contributed by atoms with Crippen molar-refractivity contribution in [2.75, 3.05) is 18.1 Å². The van der Waals surface area contributed by atoms with Gasteiger partial charge in [-0.2, -0.15) is 0 Å². The van der Waals surface area contributed by atoms with Gasteiger partial charge in [-0.3, -0.25) is 14.7 Å². The van der Waals surface area contributed by atoms with Crippen LogP contribution in [0.15, 0.2) is 33.9 Å². The molecule has 0 spiro atoms. The van der Waals surface area contributed by atoms with E-state index in [0.717, 1.165) is 18.4 Å². The van der Waals surface area contributed by atoms with Gasteiger partial charge in [0.15, 0.2) is 21.4 Å². The molecule has 0 unspecified atom stereocenters. The first-order valence-corrected chi connectivity index (χ1v) is 12.5. The van der Waals surface area contributed by atoms with Crippen LogP contribution in [0.5, 0.6) is 5.75 Å². The molecule has 1 aliphatic carbocycles. The van der Waals surface area contributed by atoms with E-state index >= 15 is 0 Å². The van der Waals surface area contributed by atoms with E-state index < -0.39 is 26.6 Å². The third-order valence-corrected chi connectivity index (χ3v) is 7.39. The summed E-state index contributed by atoms with van der Waals surface area (Å²) in [7, 11) is -3.26. The Bertz CT molecular complexity index is 1110. The van der Waals surface area contributed by atoms with Crippen LogP contribution in [-0.4, -0.2) is 36.7 Å². The van der Waals surface area contributed by atoms with E-state index in [1.165, 1.54) is 12.1 Å². The lowest BCUT2D eigenvalue weighted by atomic mass is 10.0. The molecule has 1 fully saturated rings. The van der Waals surface area contributed by atoms with Crippen LogP contribution in [-0.2, 0) is 16.3 Å². The largest absolute Gasteiger partial charge is 0.490 e. The van der Waals surface area contributed by atoms with Crippen LogP contribution in [0.25, 0.3) is 0 Å². The molecule has 0 radical (unpaired) electrons. The monoisotopic (exact) mass is 452 g/mol. The Balaban J connectivity index is 1.44. The Morgan fingerprint density at radius 3 is 2.61 bits per heavy atom. The molecule has 1 aliphatic rings. The van der Waals surface area contributed by atoms with Gasteiger partial charge in [0.1, 0.15) is 0 Å². The highest BCUT2D eigenvalue weighted by atomic mass is 32.2. The number of hydrogen-bond acceptors (Lipinski definition) is 5. The number of ether oxygens (including phenoxy) is 1. The number of aryl methyl sites for hydroxylation is 1. The minimum Gasteiger partial charge on any atom is -0.490 e. The Morgan fingerprint density at radius 1 is 1.13 bits per heavy atom. The summed E-state index contributed by atoms with van der Waals surface area (Å²) < 4.78 is 44.5. The molecule has 1 atom stereocenters. The van der Waals surface area contributed by atoms with Gasteiger partial charge in [-0.15, -0.1) is 0 Å². The van der Waals surface area contributed by atoms with Crippen molar-refractivity contribution in [2.24, 2.45) is 5.92 Å². The van der Waals surface area contributed by atoms with Crippen molar-refractivity contribution in [3.63, 3.8) is 0 Å². The Labute approximate surface area is 180 Å². The summed E-state index contributed by atoms with van der Waals surface area (Å²) in [6.45, 7) is 2.32. The summed E-state index contributed by atoms with van der Waals surface area (Å²) in [5, 5.41) is 4.94. The number of halogens is 1. The molecule has 0 saturated heterocycles. The third kappa shape index (κ3) is 7.34.